The van der Waals surface area contributed by atoms with Crippen LogP contribution in [-0.2, 0) is 0 Å². The lowest BCUT2D eigenvalue weighted by Crippen LogP contribution is -2.30. The SMILES string of the molecule is [AlH2][N](CCCN1CCCC1)CCCN1CCCC1. The van der Waals surface area contributed by atoms with Crippen molar-refractivity contribution in [1.82, 2.24) is 13.7 Å². The van der Waals surface area contributed by atoms with E-state index in [2.05, 4.69) is 13.7 Å². The van der Waals surface area contributed by atoms with Crippen LogP contribution in [0.3, 0.4) is 0 Å². The lowest BCUT2D eigenvalue weighted by molar-refractivity contribution is 0.294. The summed E-state index contributed by atoms with van der Waals surface area (Å²) in [7, 11) is 0. The van der Waals surface area contributed by atoms with Gasteiger partial charge in [0.15, 0.2) is 0 Å². The normalized spacial score (nSPS) is 22.3. The largest absolute Gasteiger partial charge is 0.390 e. The highest BCUT2D eigenvalue weighted by molar-refractivity contribution is 6.04. The van der Waals surface area contributed by atoms with E-state index in [1.54, 1.807) is 0 Å². The molecule has 3 nitrogen and oxygen atoms in total. The third-order valence-electron chi connectivity index (χ3n) is 4.43. The maximum Gasteiger partial charge on any atom is 0.321 e. The summed E-state index contributed by atoms with van der Waals surface area (Å²) in [6.45, 7) is 10.8. The van der Waals surface area contributed by atoms with Gasteiger partial charge in [-0.25, -0.2) is 0 Å². The van der Waals surface area contributed by atoms with Crippen molar-refractivity contribution in [1.29, 1.82) is 0 Å². The van der Waals surface area contributed by atoms with Crippen molar-refractivity contribution in [2.75, 3.05) is 52.4 Å². The molecule has 0 unspecified atom stereocenters. The van der Waals surface area contributed by atoms with E-state index in [0.717, 1.165) is 0 Å². The minimum atomic E-state index is 1.24. The monoisotopic (exact) mass is 267 g/mol. The van der Waals surface area contributed by atoms with Crippen molar-refractivity contribution in [3.63, 3.8) is 0 Å². The predicted octanol–water partition coefficient (Wildman–Crippen LogP) is 0.808. The van der Waals surface area contributed by atoms with Crippen LogP contribution in [0.5, 0.6) is 0 Å². The van der Waals surface area contributed by atoms with Gasteiger partial charge in [0, 0.05) is 0 Å². The maximum atomic E-state index is 2.66. The Morgan fingerprint density at radius 2 is 1.11 bits per heavy atom. The standard InChI is InChI=1S/C14H28N3.Al.2H/c1-2-10-16(9-1)13-5-7-15-8-6-14-17-11-3-4-12-17;;;/h1-14H2;;;/q-1;+1;;. The third kappa shape index (κ3) is 5.59. The zero-order chi connectivity index (χ0) is 12.6. The van der Waals surface area contributed by atoms with Crippen molar-refractivity contribution < 1.29 is 0 Å². The van der Waals surface area contributed by atoms with Gasteiger partial charge in [0.05, 0.1) is 0 Å². The molecule has 2 saturated heterocycles. The Bertz CT molecular complexity index is 191. The highest BCUT2D eigenvalue weighted by Gasteiger charge is 2.12. The van der Waals surface area contributed by atoms with Gasteiger partial charge in [-0.3, -0.25) is 0 Å². The van der Waals surface area contributed by atoms with Crippen LogP contribution in [0.1, 0.15) is 38.5 Å². The van der Waals surface area contributed by atoms with Crippen molar-refractivity contribution >= 4 is 16.5 Å². The maximum absolute atomic E-state index is 2.66. The fourth-order valence-electron chi connectivity index (χ4n) is 3.25. The molecule has 0 aromatic heterocycles. The highest BCUT2D eigenvalue weighted by atomic mass is 27.1. The number of hydrogen-bond donors (Lipinski definition) is 0. The Kier molecular flexibility index (Phi) is 7.04. The Balaban J connectivity index is 1.43. The van der Waals surface area contributed by atoms with Gasteiger partial charge in [-0.05, 0) is 90.9 Å². The second-order valence-corrected chi connectivity index (χ2v) is 7.37. The fraction of sp³-hybridized carbons (Fsp3) is 1.00. The van der Waals surface area contributed by atoms with E-state index in [1.807, 2.05) is 0 Å². The molecule has 2 fully saturated rings. The summed E-state index contributed by atoms with van der Waals surface area (Å²) >= 11 is 1.24. The van der Waals surface area contributed by atoms with Crippen molar-refractivity contribution in [2.24, 2.45) is 0 Å². The number of likely N-dealkylation sites (tertiary alicyclic amines) is 2. The third-order valence-corrected chi connectivity index (χ3v) is 5.32. The zero-order valence-electron chi connectivity index (χ0n) is 12.2. The topological polar surface area (TPSA) is 9.72 Å². The van der Waals surface area contributed by atoms with E-state index in [1.165, 1.54) is 107 Å². The van der Waals surface area contributed by atoms with Gasteiger partial charge in [-0.2, -0.15) is 0 Å². The molecule has 0 spiro atoms. The molecule has 0 saturated carbocycles. The molecule has 0 aromatic rings. The number of rotatable bonds is 8. The first kappa shape index (κ1) is 14.8. The summed E-state index contributed by atoms with van der Waals surface area (Å²) in [4.78, 5) is 5.28. The summed E-state index contributed by atoms with van der Waals surface area (Å²) in [6, 6.07) is 0. The van der Waals surface area contributed by atoms with E-state index in [-0.39, 0.29) is 0 Å². The Labute approximate surface area is 121 Å². The molecule has 18 heavy (non-hydrogen) atoms. The molecule has 4 heteroatoms. The lowest BCUT2D eigenvalue weighted by atomic mass is 10.3. The molecule has 0 amide bonds. The summed E-state index contributed by atoms with van der Waals surface area (Å²) in [5, 5.41) is 0. The van der Waals surface area contributed by atoms with Crippen molar-refractivity contribution in [2.45, 2.75) is 38.5 Å². The summed E-state index contributed by atoms with van der Waals surface area (Å²) in [6.07, 6.45) is 8.49. The van der Waals surface area contributed by atoms with Crippen molar-refractivity contribution in [3.05, 3.63) is 0 Å². The van der Waals surface area contributed by atoms with Crippen LogP contribution in [0, 0.1) is 0 Å². The quantitative estimate of drug-likeness (QED) is 0.603. The van der Waals surface area contributed by atoms with Crippen molar-refractivity contribution in [3.8, 4) is 0 Å². The average Bonchev–Trinajstić information content (AvgIpc) is 3.01. The average molecular weight is 267 g/mol. The minimum absolute atomic E-state index is 1.24. The first-order valence-electron chi connectivity index (χ1n) is 7.98. The van der Waals surface area contributed by atoms with Gasteiger partial charge < -0.3 is 13.7 Å². The molecule has 2 aliphatic rings. The molecule has 2 heterocycles. The van der Waals surface area contributed by atoms with Gasteiger partial charge in [-0.15, -0.1) is 0 Å². The molecule has 104 valence electrons. The minimum Gasteiger partial charge on any atom is -0.390 e. The smallest absolute Gasteiger partial charge is 0.321 e. The van der Waals surface area contributed by atoms with Crippen LogP contribution in [0.25, 0.3) is 0 Å². The van der Waals surface area contributed by atoms with Crippen LogP contribution in [-0.4, -0.2) is 82.6 Å². The number of nitrogens with zero attached hydrogens (tertiary/aromatic N) is 3. The Morgan fingerprint density at radius 3 is 1.50 bits per heavy atom. The Hall–Kier alpha value is 0.412. The molecule has 0 N–H and O–H groups in total. The van der Waals surface area contributed by atoms with Gasteiger partial charge in [0.25, 0.3) is 0 Å². The van der Waals surface area contributed by atoms with Crippen LogP contribution in [0.15, 0.2) is 0 Å². The lowest BCUT2D eigenvalue weighted by Gasteiger charge is -2.22. The van der Waals surface area contributed by atoms with E-state index >= 15 is 0 Å². The van der Waals surface area contributed by atoms with Gasteiger partial charge in [-0.1, -0.05) is 0 Å². The van der Waals surface area contributed by atoms with E-state index in [4.69, 9.17) is 0 Å². The molecule has 2 aliphatic heterocycles. The summed E-state index contributed by atoms with van der Waals surface area (Å²) in [5.41, 5.74) is 0. The van der Waals surface area contributed by atoms with Crippen LogP contribution >= 0.6 is 0 Å². The molecule has 0 radical (unpaired) electrons. The van der Waals surface area contributed by atoms with Crippen LogP contribution in [0.2, 0.25) is 0 Å². The first-order valence-corrected chi connectivity index (χ1v) is 8.87. The molecule has 0 atom stereocenters. The summed E-state index contributed by atoms with van der Waals surface area (Å²) < 4.78 is 2.66. The zero-order valence-corrected chi connectivity index (χ0v) is 14.2. The summed E-state index contributed by atoms with van der Waals surface area (Å²) in [5.74, 6) is 0. The first-order chi connectivity index (χ1) is 8.84. The van der Waals surface area contributed by atoms with Gasteiger partial charge in [0.1, 0.15) is 0 Å². The second-order valence-electron chi connectivity index (χ2n) is 6.11. The number of hydrogen-bond acceptors (Lipinski definition) is 3. The molecular weight excluding hydrogens is 237 g/mol. The molecular formula is C14H30AlN3. The van der Waals surface area contributed by atoms with E-state index in [0.29, 0.717) is 0 Å². The van der Waals surface area contributed by atoms with E-state index in [9.17, 15) is 0 Å². The van der Waals surface area contributed by atoms with Crippen LogP contribution in [0.4, 0.5) is 0 Å². The molecule has 2 rings (SSSR count). The molecule has 0 aliphatic carbocycles. The molecule has 0 bridgehead atoms. The Morgan fingerprint density at radius 1 is 0.722 bits per heavy atom. The molecule has 0 aromatic carbocycles. The predicted molar refractivity (Wildman–Crippen MR) is 80.7 cm³/mol. The van der Waals surface area contributed by atoms with Gasteiger partial charge >= 0.3 is 16.5 Å². The second kappa shape index (κ2) is 8.56. The van der Waals surface area contributed by atoms with Gasteiger partial charge in [0.2, 0.25) is 0 Å². The van der Waals surface area contributed by atoms with Crippen LogP contribution < -0.4 is 0 Å². The fourth-order valence-corrected chi connectivity index (χ4v) is 3.89. The highest BCUT2D eigenvalue weighted by Crippen LogP contribution is 2.08. The van der Waals surface area contributed by atoms with E-state index < -0.39 is 0 Å².